The molecule has 6 heteroatoms. The van der Waals surface area contributed by atoms with Crippen LogP contribution in [0.25, 0.3) is 0 Å². The van der Waals surface area contributed by atoms with Crippen molar-refractivity contribution in [2.75, 3.05) is 32.6 Å². The largest absolute Gasteiger partial charge is 0.495 e. The van der Waals surface area contributed by atoms with Gasteiger partial charge in [0, 0.05) is 19.6 Å². The van der Waals surface area contributed by atoms with Gasteiger partial charge in [0.15, 0.2) is 0 Å². The van der Waals surface area contributed by atoms with Crippen molar-refractivity contribution in [1.29, 1.82) is 0 Å². The van der Waals surface area contributed by atoms with E-state index in [0.717, 1.165) is 0 Å². The van der Waals surface area contributed by atoms with Crippen molar-refractivity contribution >= 4 is 11.6 Å². The molecule has 0 spiro atoms. The van der Waals surface area contributed by atoms with Crippen LogP contribution < -0.4 is 15.8 Å². The molecule has 1 saturated heterocycles. The average molecular weight is 266 g/mol. The number of nitrogens with one attached hydrogen (secondary N) is 1. The molecule has 0 bridgehead atoms. The van der Waals surface area contributed by atoms with Gasteiger partial charge in [0.1, 0.15) is 11.4 Å². The number of amides is 1. The van der Waals surface area contributed by atoms with E-state index in [2.05, 4.69) is 5.32 Å². The summed E-state index contributed by atoms with van der Waals surface area (Å²) in [5.41, 5.74) is 5.48. The maximum atomic E-state index is 12.0. The number of benzene rings is 1. The summed E-state index contributed by atoms with van der Waals surface area (Å²) < 4.78 is 10.2. The maximum Gasteiger partial charge on any atom is 0.253 e. The Morgan fingerprint density at radius 1 is 1.63 bits per heavy atom. The molecule has 0 aliphatic carbocycles. The van der Waals surface area contributed by atoms with E-state index in [1.165, 1.54) is 7.11 Å². The van der Waals surface area contributed by atoms with E-state index in [1.54, 1.807) is 18.2 Å². The van der Waals surface area contributed by atoms with Crippen molar-refractivity contribution < 1.29 is 19.4 Å². The number of nitrogen functional groups attached to an aromatic ring is 1. The number of aliphatic hydroxyl groups is 1. The molecule has 1 unspecified atom stereocenters. The van der Waals surface area contributed by atoms with E-state index in [0.29, 0.717) is 24.3 Å². The zero-order chi connectivity index (χ0) is 13.9. The van der Waals surface area contributed by atoms with Gasteiger partial charge in [0.25, 0.3) is 5.91 Å². The highest BCUT2D eigenvalue weighted by molar-refractivity contribution is 6.00. The minimum absolute atomic E-state index is 0.141. The predicted octanol–water partition coefficient (Wildman–Crippen LogP) is 0.159. The van der Waals surface area contributed by atoms with Gasteiger partial charge in [-0.2, -0.15) is 0 Å². The summed E-state index contributed by atoms with van der Waals surface area (Å²) in [4.78, 5) is 12.0. The number of hydrogen-bond donors (Lipinski definition) is 3. The van der Waals surface area contributed by atoms with Crippen LogP contribution in [0.3, 0.4) is 0 Å². The lowest BCUT2D eigenvalue weighted by Gasteiger charge is -2.21. The number of rotatable bonds is 4. The van der Waals surface area contributed by atoms with Crippen molar-refractivity contribution in [3.63, 3.8) is 0 Å². The van der Waals surface area contributed by atoms with Crippen LogP contribution in [0.1, 0.15) is 16.8 Å². The minimum Gasteiger partial charge on any atom is -0.495 e. The standard InChI is InChI=1S/C13H18N2O4/c1-18-10-4-2-3-9(11(10)14)12(16)15-7-13(17)5-6-19-8-13/h2-4,17H,5-8,14H2,1H3,(H,15,16). The fourth-order valence-corrected chi connectivity index (χ4v) is 2.00. The normalized spacial score (nSPS) is 22.2. The smallest absolute Gasteiger partial charge is 0.253 e. The molecule has 1 heterocycles. The molecule has 1 fully saturated rings. The van der Waals surface area contributed by atoms with Crippen LogP contribution in [0, 0.1) is 0 Å². The summed E-state index contributed by atoms with van der Waals surface area (Å²) in [6, 6.07) is 4.99. The van der Waals surface area contributed by atoms with Gasteiger partial charge in [-0.25, -0.2) is 0 Å². The lowest BCUT2D eigenvalue weighted by molar-refractivity contribution is 0.0265. The van der Waals surface area contributed by atoms with Crippen LogP contribution in [0.2, 0.25) is 0 Å². The van der Waals surface area contributed by atoms with Gasteiger partial charge in [0.05, 0.1) is 25.0 Å². The van der Waals surface area contributed by atoms with Crippen LogP contribution in [0.4, 0.5) is 5.69 Å². The third-order valence-corrected chi connectivity index (χ3v) is 3.19. The Labute approximate surface area is 111 Å². The molecular formula is C13H18N2O4. The maximum absolute atomic E-state index is 12.0. The zero-order valence-corrected chi connectivity index (χ0v) is 10.8. The molecule has 2 rings (SSSR count). The van der Waals surface area contributed by atoms with E-state index in [-0.39, 0.29) is 24.7 Å². The van der Waals surface area contributed by atoms with E-state index in [4.69, 9.17) is 15.2 Å². The van der Waals surface area contributed by atoms with E-state index >= 15 is 0 Å². The van der Waals surface area contributed by atoms with Gasteiger partial charge >= 0.3 is 0 Å². The monoisotopic (exact) mass is 266 g/mol. The summed E-state index contributed by atoms with van der Waals surface area (Å²) in [7, 11) is 1.49. The first-order valence-corrected chi connectivity index (χ1v) is 6.06. The first-order chi connectivity index (χ1) is 9.06. The van der Waals surface area contributed by atoms with Crippen molar-refractivity contribution in [2.45, 2.75) is 12.0 Å². The number of ether oxygens (including phenoxy) is 2. The number of anilines is 1. The molecule has 4 N–H and O–H groups in total. The van der Waals surface area contributed by atoms with Crippen molar-refractivity contribution in [1.82, 2.24) is 5.32 Å². The Kier molecular flexibility index (Phi) is 3.92. The molecule has 6 nitrogen and oxygen atoms in total. The predicted molar refractivity (Wildman–Crippen MR) is 70.1 cm³/mol. The van der Waals surface area contributed by atoms with E-state index < -0.39 is 5.60 Å². The molecule has 0 radical (unpaired) electrons. The van der Waals surface area contributed by atoms with Gasteiger partial charge in [0.2, 0.25) is 0 Å². The fourth-order valence-electron chi connectivity index (χ4n) is 2.00. The number of carbonyl (C=O) groups excluding carboxylic acids is 1. The van der Waals surface area contributed by atoms with Gasteiger partial charge in [-0.1, -0.05) is 6.07 Å². The SMILES string of the molecule is COc1cccc(C(=O)NCC2(O)CCOC2)c1N. The van der Waals surface area contributed by atoms with E-state index in [1.807, 2.05) is 0 Å². The number of para-hydroxylation sites is 1. The van der Waals surface area contributed by atoms with Crippen LogP contribution in [-0.4, -0.2) is 43.5 Å². The molecule has 19 heavy (non-hydrogen) atoms. The molecule has 0 aromatic heterocycles. The first-order valence-electron chi connectivity index (χ1n) is 6.06. The second kappa shape index (κ2) is 5.46. The van der Waals surface area contributed by atoms with Gasteiger partial charge in [-0.3, -0.25) is 4.79 Å². The number of carbonyl (C=O) groups is 1. The molecule has 1 aromatic rings. The molecule has 1 atom stereocenters. The molecule has 104 valence electrons. The number of methoxy groups -OCH3 is 1. The second-order valence-electron chi connectivity index (χ2n) is 4.63. The van der Waals surface area contributed by atoms with Gasteiger partial charge in [-0.05, 0) is 12.1 Å². The summed E-state index contributed by atoms with van der Waals surface area (Å²) in [5, 5.41) is 12.7. The Morgan fingerprint density at radius 3 is 3.05 bits per heavy atom. The third kappa shape index (κ3) is 2.97. The van der Waals surface area contributed by atoms with Crippen LogP contribution >= 0.6 is 0 Å². The van der Waals surface area contributed by atoms with Crippen LogP contribution in [0.5, 0.6) is 5.75 Å². The average Bonchev–Trinajstić information content (AvgIpc) is 2.84. The minimum atomic E-state index is -0.983. The molecule has 0 saturated carbocycles. The highest BCUT2D eigenvalue weighted by Gasteiger charge is 2.32. The van der Waals surface area contributed by atoms with Crippen molar-refractivity contribution in [3.8, 4) is 5.75 Å². The van der Waals surface area contributed by atoms with Crippen molar-refractivity contribution in [3.05, 3.63) is 23.8 Å². The number of hydrogen-bond acceptors (Lipinski definition) is 5. The highest BCUT2D eigenvalue weighted by atomic mass is 16.5. The lowest BCUT2D eigenvalue weighted by Crippen LogP contribution is -2.43. The molecule has 1 aliphatic rings. The van der Waals surface area contributed by atoms with Gasteiger partial charge in [-0.15, -0.1) is 0 Å². The Bertz CT molecular complexity index is 470. The zero-order valence-electron chi connectivity index (χ0n) is 10.8. The Hall–Kier alpha value is -1.79. The summed E-state index contributed by atoms with van der Waals surface area (Å²) in [5.74, 6) is 0.118. The highest BCUT2D eigenvalue weighted by Crippen LogP contribution is 2.25. The lowest BCUT2D eigenvalue weighted by atomic mass is 10.0. The quantitative estimate of drug-likeness (QED) is 0.675. The van der Waals surface area contributed by atoms with Gasteiger partial charge < -0.3 is 25.6 Å². The Balaban J connectivity index is 2.04. The topological polar surface area (TPSA) is 93.8 Å². The van der Waals surface area contributed by atoms with E-state index in [9.17, 15) is 9.90 Å². The first kappa shape index (κ1) is 13.6. The molecule has 1 amide bonds. The second-order valence-corrected chi connectivity index (χ2v) is 4.63. The van der Waals surface area contributed by atoms with Crippen LogP contribution in [0.15, 0.2) is 18.2 Å². The number of nitrogens with two attached hydrogens (primary N) is 1. The molecule has 1 aliphatic heterocycles. The molecular weight excluding hydrogens is 248 g/mol. The fraction of sp³-hybridized carbons (Fsp3) is 0.462. The molecule has 1 aromatic carbocycles. The Morgan fingerprint density at radius 2 is 2.42 bits per heavy atom. The van der Waals surface area contributed by atoms with Crippen molar-refractivity contribution in [2.24, 2.45) is 0 Å². The van der Waals surface area contributed by atoms with Crippen LogP contribution in [-0.2, 0) is 4.74 Å². The summed E-state index contributed by atoms with van der Waals surface area (Å²) in [6.45, 7) is 0.886. The summed E-state index contributed by atoms with van der Waals surface area (Å²) in [6.07, 6.45) is 0.515. The third-order valence-electron chi connectivity index (χ3n) is 3.19. The summed E-state index contributed by atoms with van der Waals surface area (Å²) >= 11 is 0.